The standard InChI is InChI=1S/C22H20N4O3/c1-25-9-11-26(12-10-25)22(27)16-7-8-19-17(13-16)20(24-29-19)18-14-28-21(23-18)15-5-3-2-4-6-15/h2-8,13-14H,9-12H2,1H3. The summed E-state index contributed by atoms with van der Waals surface area (Å²) in [7, 11) is 2.07. The van der Waals surface area contributed by atoms with Gasteiger partial charge in [-0.3, -0.25) is 4.79 Å². The predicted molar refractivity (Wildman–Crippen MR) is 108 cm³/mol. The summed E-state index contributed by atoms with van der Waals surface area (Å²) < 4.78 is 11.1. The summed E-state index contributed by atoms with van der Waals surface area (Å²) in [5.74, 6) is 0.540. The smallest absolute Gasteiger partial charge is 0.253 e. The second-order valence-electron chi connectivity index (χ2n) is 7.24. The van der Waals surface area contributed by atoms with E-state index in [1.165, 1.54) is 0 Å². The van der Waals surface area contributed by atoms with E-state index in [4.69, 9.17) is 8.94 Å². The molecular formula is C22H20N4O3. The van der Waals surface area contributed by atoms with Crippen LogP contribution in [-0.4, -0.2) is 59.1 Å². The summed E-state index contributed by atoms with van der Waals surface area (Å²) in [5, 5.41) is 4.91. The van der Waals surface area contributed by atoms with Crippen LogP contribution in [0.15, 0.2) is 63.7 Å². The van der Waals surface area contributed by atoms with Gasteiger partial charge in [0.15, 0.2) is 5.58 Å². The normalized spacial score (nSPS) is 15.1. The fourth-order valence-corrected chi connectivity index (χ4v) is 3.54. The molecule has 0 spiro atoms. The van der Waals surface area contributed by atoms with E-state index >= 15 is 0 Å². The van der Waals surface area contributed by atoms with Gasteiger partial charge in [0.2, 0.25) is 5.89 Å². The minimum atomic E-state index is 0.0253. The monoisotopic (exact) mass is 388 g/mol. The molecule has 1 amide bonds. The van der Waals surface area contributed by atoms with Gasteiger partial charge in [-0.2, -0.15) is 0 Å². The Labute approximate surface area is 167 Å². The zero-order valence-corrected chi connectivity index (χ0v) is 16.0. The van der Waals surface area contributed by atoms with Gasteiger partial charge in [0, 0.05) is 37.3 Å². The number of hydrogen-bond donors (Lipinski definition) is 0. The van der Waals surface area contributed by atoms with Crippen LogP contribution in [0.3, 0.4) is 0 Å². The Morgan fingerprint density at radius 2 is 1.83 bits per heavy atom. The minimum Gasteiger partial charge on any atom is -0.444 e. The first kappa shape index (κ1) is 17.6. The van der Waals surface area contributed by atoms with Crippen LogP contribution >= 0.6 is 0 Å². The quantitative estimate of drug-likeness (QED) is 0.534. The molecule has 1 fully saturated rings. The van der Waals surface area contributed by atoms with Crippen LogP contribution in [0, 0.1) is 0 Å². The van der Waals surface area contributed by atoms with E-state index in [0.29, 0.717) is 28.4 Å². The predicted octanol–water partition coefficient (Wildman–Crippen LogP) is 3.54. The second kappa shape index (κ2) is 7.18. The van der Waals surface area contributed by atoms with Gasteiger partial charge >= 0.3 is 0 Å². The Morgan fingerprint density at radius 3 is 2.62 bits per heavy atom. The van der Waals surface area contributed by atoms with Crippen molar-refractivity contribution in [2.24, 2.45) is 0 Å². The van der Waals surface area contributed by atoms with Crippen molar-refractivity contribution in [3.05, 3.63) is 60.4 Å². The molecule has 1 aliphatic rings. The maximum atomic E-state index is 12.9. The van der Waals surface area contributed by atoms with Gasteiger partial charge < -0.3 is 18.7 Å². The Hall–Kier alpha value is -3.45. The van der Waals surface area contributed by atoms with Crippen molar-refractivity contribution in [2.75, 3.05) is 33.2 Å². The van der Waals surface area contributed by atoms with Gasteiger partial charge in [0.05, 0.1) is 5.39 Å². The number of aromatic nitrogens is 2. The molecule has 0 bridgehead atoms. The van der Waals surface area contributed by atoms with Crippen LogP contribution in [0.4, 0.5) is 0 Å². The van der Waals surface area contributed by atoms with Crippen LogP contribution in [0.25, 0.3) is 33.8 Å². The van der Waals surface area contributed by atoms with Crippen molar-refractivity contribution in [2.45, 2.75) is 0 Å². The number of benzene rings is 2. The number of nitrogens with zero attached hydrogens (tertiary/aromatic N) is 4. The molecule has 0 atom stereocenters. The first-order chi connectivity index (χ1) is 14.2. The highest BCUT2D eigenvalue weighted by molar-refractivity contribution is 6.00. The van der Waals surface area contributed by atoms with Crippen molar-refractivity contribution in [3.8, 4) is 22.8 Å². The lowest BCUT2D eigenvalue weighted by Gasteiger charge is -2.32. The third-order valence-corrected chi connectivity index (χ3v) is 5.27. The molecule has 2 aromatic carbocycles. The SMILES string of the molecule is CN1CCN(C(=O)c2ccc3onc(-c4coc(-c5ccccc5)n4)c3c2)CC1. The van der Waals surface area contributed by atoms with E-state index in [9.17, 15) is 4.79 Å². The van der Waals surface area contributed by atoms with Crippen molar-refractivity contribution >= 4 is 16.9 Å². The molecule has 1 saturated heterocycles. The lowest BCUT2D eigenvalue weighted by molar-refractivity contribution is 0.0664. The molecule has 1 aliphatic heterocycles. The van der Waals surface area contributed by atoms with Gasteiger partial charge in [0.1, 0.15) is 17.7 Å². The van der Waals surface area contributed by atoms with Gasteiger partial charge in [-0.25, -0.2) is 4.98 Å². The second-order valence-corrected chi connectivity index (χ2v) is 7.24. The minimum absolute atomic E-state index is 0.0253. The zero-order chi connectivity index (χ0) is 19.8. The molecule has 146 valence electrons. The first-order valence-corrected chi connectivity index (χ1v) is 9.57. The molecule has 0 aliphatic carbocycles. The molecular weight excluding hydrogens is 368 g/mol. The molecule has 7 heteroatoms. The van der Waals surface area contributed by atoms with Gasteiger partial charge in [-0.1, -0.05) is 23.4 Å². The highest BCUT2D eigenvalue weighted by Gasteiger charge is 2.22. The summed E-state index contributed by atoms with van der Waals surface area (Å²) in [6.45, 7) is 3.22. The number of fused-ring (bicyclic) bond motifs is 1. The zero-order valence-electron chi connectivity index (χ0n) is 16.0. The molecule has 7 nitrogen and oxygen atoms in total. The van der Waals surface area contributed by atoms with Crippen LogP contribution in [0.1, 0.15) is 10.4 Å². The summed E-state index contributed by atoms with van der Waals surface area (Å²) in [6.07, 6.45) is 1.56. The lowest BCUT2D eigenvalue weighted by atomic mass is 10.1. The van der Waals surface area contributed by atoms with E-state index in [0.717, 1.165) is 37.1 Å². The number of piperazine rings is 1. The van der Waals surface area contributed by atoms with Crippen molar-refractivity contribution in [3.63, 3.8) is 0 Å². The van der Waals surface area contributed by atoms with E-state index in [2.05, 4.69) is 22.1 Å². The maximum Gasteiger partial charge on any atom is 0.253 e. The first-order valence-electron chi connectivity index (χ1n) is 9.57. The Morgan fingerprint density at radius 1 is 1.03 bits per heavy atom. The summed E-state index contributed by atoms with van der Waals surface area (Å²) >= 11 is 0. The molecule has 2 aromatic heterocycles. The third kappa shape index (κ3) is 3.30. The molecule has 5 rings (SSSR count). The molecule has 29 heavy (non-hydrogen) atoms. The highest BCUT2D eigenvalue weighted by atomic mass is 16.5. The van der Waals surface area contributed by atoms with Crippen molar-refractivity contribution < 1.29 is 13.7 Å². The molecule has 0 saturated carbocycles. The third-order valence-electron chi connectivity index (χ3n) is 5.27. The Balaban J connectivity index is 1.47. The number of oxazole rings is 1. The van der Waals surface area contributed by atoms with E-state index in [1.807, 2.05) is 41.3 Å². The number of likely N-dealkylation sites (N-methyl/N-ethyl adjacent to an activating group) is 1. The fraction of sp³-hybridized carbons (Fsp3) is 0.227. The van der Waals surface area contributed by atoms with Crippen molar-refractivity contribution in [1.82, 2.24) is 19.9 Å². The number of carbonyl (C=O) groups is 1. The van der Waals surface area contributed by atoms with E-state index in [-0.39, 0.29) is 5.91 Å². The average molecular weight is 388 g/mol. The Kier molecular flexibility index (Phi) is 4.37. The van der Waals surface area contributed by atoms with Gasteiger partial charge in [0.25, 0.3) is 5.91 Å². The summed E-state index contributed by atoms with van der Waals surface area (Å²) in [6, 6.07) is 15.1. The average Bonchev–Trinajstić information content (AvgIpc) is 3.41. The van der Waals surface area contributed by atoms with Crippen LogP contribution in [0.5, 0.6) is 0 Å². The highest BCUT2D eigenvalue weighted by Crippen LogP contribution is 2.30. The molecule has 0 N–H and O–H groups in total. The maximum absolute atomic E-state index is 12.9. The van der Waals surface area contributed by atoms with Crippen LogP contribution in [0.2, 0.25) is 0 Å². The fourth-order valence-electron chi connectivity index (χ4n) is 3.54. The van der Waals surface area contributed by atoms with E-state index < -0.39 is 0 Å². The molecule has 4 aromatic rings. The van der Waals surface area contributed by atoms with Crippen molar-refractivity contribution in [1.29, 1.82) is 0 Å². The molecule has 0 unspecified atom stereocenters. The number of rotatable bonds is 3. The number of amides is 1. The van der Waals surface area contributed by atoms with E-state index in [1.54, 1.807) is 18.4 Å². The largest absolute Gasteiger partial charge is 0.444 e. The molecule has 3 heterocycles. The molecule has 0 radical (unpaired) electrons. The van der Waals surface area contributed by atoms with Crippen LogP contribution < -0.4 is 0 Å². The van der Waals surface area contributed by atoms with Crippen LogP contribution in [-0.2, 0) is 0 Å². The Bertz CT molecular complexity index is 1160. The van der Waals surface area contributed by atoms with Gasteiger partial charge in [-0.05, 0) is 37.4 Å². The number of hydrogen-bond acceptors (Lipinski definition) is 6. The van der Waals surface area contributed by atoms with Gasteiger partial charge in [-0.15, -0.1) is 0 Å². The number of carbonyl (C=O) groups excluding carboxylic acids is 1. The summed E-state index contributed by atoms with van der Waals surface area (Å²) in [4.78, 5) is 21.6. The summed E-state index contributed by atoms with van der Waals surface area (Å²) in [5.41, 5.74) is 3.26. The lowest BCUT2D eigenvalue weighted by Crippen LogP contribution is -2.47. The topological polar surface area (TPSA) is 75.6 Å².